The predicted molar refractivity (Wildman–Crippen MR) is 115 cm³/mol. The fraction of sp³-hybridized carbons (Fsp3) is 0.200. The summed E-state index contributed by atoms with van der Waals surface area (Å²) < 4.78 is 47.1. The number of nitrogens with one attached hydrogen (secondary N) is 1. The van der Waals surface area contributed by atoms with Crippen LogP contribution in [0.15, 0.2) is 57.3 Å². The summed E-state index contributed by atoms with van der Waals surface area (Å²) in [6.07, 6.45) is -4.73. The first kappa shape index (κ1) is 22.1. The number of alkyl halides is 3. The summed E-state index contributed by atoms with van der Waals surface area (Å²) in [7, 11) is 0. The zero-order valence-electron chi connectivity index (χ0n) is 16.8. The molecule has 2 aromatic heterocycles. The molecule has 4 aromatic rings. The van der Waals surface area contributed by atoms with Crippen molar-refractivity contribution in [2.24, 2.45) is 0 Å². The smallest absolute Gasteiger partial charge is 0.419 e. The van der Waals surface area contributed by atoms with E-state index in [0.717, 1.165) is 11.1 Å². The third-order valence-electron chi connectivity index (χ3n) is 4.08. The topological polar surface area (TPSA) is 86.0 Å². The largest absolute Gasteiger partial charge is 0.573 e. The van der Waals surface area contributed by atoms with Crippen molar-refractivity contribution in [2.45, 2.75) is 29.8 Å². The Bertz CT molecular complexity index is 1190. The van der Waals surface area contributed by atoms with Crippen LogP contribution in [0, 0.1) is 6.92 Å². The van der Waals surface area contributed by atoms with Gasteiger partial charge in [-0.25, -0.2) is 0 Å². The lowest BCUT2D eigenvalue weighted by molar-refractivity contribution is -0.274. The molecule has 12 heteroatoms. The molecule has 0 saturated heterocycles. The van der Waals surface area contributed by atoms with Crippen molar-refractivity contribution < 1.29 is 22.3 Å². The van der Waals surface area contributed by atoms with Gasteiger partial charge in [-0.3, -0.25) is 0 Å². The second kappa shape index (κ2) is 9.17. The number of aromatic nitrogens is 4. The van der Waals surface area contributed by atoms with Crippen molar-refractivity contribution in [3.63, 3.8) is 0 Å². The Kier molecular flexibility index (Phi) is 6.33. The molecule has 1 N–H and O–H groups in total. The van der Waals surface area contributed by atoms with Crippen LogP contribution >= 0.6 is 23.1 Å². The number of benzene rings is 2. The molecule has 2 aromatic carbocycles. The average molecular weight is 480 g/mol. The highest BCUT2D eigenvalue weighted by atomic mass is 32.2. The maximum absolute atomic E-state index is 12.3. The number of hydrogen-bond donors (Lipinski definition) is 1. The van der Waals surface area contributed by atoms with E-state index < -0.39 is 6.36 Å². The number of nitrogens with zero attached hydrogens (tertiary/aromatic N) is 4. The van der Waals surface area contributed by atoms with Crippen molar-refractivity contribution in [1.29, 1.82) is 0 Å². The molecule has 32 heavy (non-hydrogen) atoms. The molecular formula is C20H16F3N5O2S2. The molecule has 0 aliphatic heterocycles. The third kappa shape index (κ3) is 5.77. The first-order valence-corrected chi connectivity index (χ1v) is 11.0. The average Bonchev–Trinajstić information content (AvgIpc) is 3.38. The highest BCUT2D eigenvalue weighted by molar-refractivity contribution is 8.01. The number of rotatable bonds is 7. The standard InChI is InChI=1S/C20H16F3N5O2S2/c1-11-4-3-5-13(10-11)17-26-25-16(29-17)12(2)31-19-28-27-18(32-19)24-14-6-8-15(9-7-14)30-20(21,22)23/h3-10,12H,1-2H3,(H,24,27). The molecule has 1 unspecified atom stereocenters. The Hall–Kier alpha value is -3.12. The molecule has 0 aliphatic rings. The number of halogens is 3. The van der Waals surface area contributed by atoms with E-state index in [4.69, 9.17) is 4.42 Å². The Balaban J connectivity index is 1.37. The monoisotopic (exact) mass is 479 g/mol. The Morgan fingerprint density at radius 2 is 1.84 bits per heavy atom. The van der Waals surface area contributed by atoms with Crippen molar-refractivity contribution in [1.82, 2.24) is 20.4 Å². The van der Waals surface area contributed by atoms with Crippen molar-refractivity contribution in [3.05, 3.63) is 60.0 Å². The molecule has 7 nitrogen and oxygen atoms in total. The summed E-state index contributed by atoms with van der Waals surface area (Å²) in [4.78, 5) is 0. The van der Waals surface area contributed by atoms with E-state index in [2.05, 4.69) is 30.4 Å². The van der Waals surface area contributed by atoms with E-state index in [9.17, 15) is 13.2 Å². The molecule has 0 bridgehead atoms. The van der Waals surface area contributed by atoms with Gasteiger partial charge in [-0.15, -0.1) is 33.6 Å². The SMILES string of the molecule is Cc1cccc(-c2nnc(C(C)Sc3nnc(Nc4ccc(OC(F)(F)F)cc4)s3)o2)c1. The van der Waals surface area contributed by atoms with Gasteiger partial charge in [0.2, 0.25) is 16.9 Å². The fourth-order valence-electron chi connectivity index (χ4n) is 2.67. The van der Waals surface area contributed by atoms with Crippen LogP contribution in [-0.2, 0) is 0 Å². The van der Waals surface area contributed by atoms with Gasteiger partial charge in [-0.1, -0.05) is 40.8 Å². The lowest BCUT2D eigenvalue weighted by Gasteiger charge is -2.09. The van der Waals surface area contributed by atoms with Gasteiger partial charge in [-0.05, 0) is 50.2 Å². The van der Waals surface area contributed by atoms with E-state index in [-0.39, 0.29) is 11.0 Å². The lowest BCUT2D eigenvalue weighted by atomic mass is 10.1. The molecule has 0 amide bonds. The third-order valence-corrected chi connectivity index (χ3v) is 6.09. The maximum atomic E-state index is 12.3. The Morgan fingerprint density at radius 1 is 1.06 bits per heavy atom. The van der Waals surface area contributed by atoms with Crippen LogP contribution in [0.2, 0.25) is 0 Å². The van der Waals surface area contributed by atoms with Crippen LogP contribution in [-0.4, -0.2) is 26.8 Å². The van der Waals surface area contributed by atoms with Gasteiger partial charge in [0.15, 0.2) is 4.34 Å². The van der Waals surface area contributed by atoms with Crippen LogP contribution < -0.4 is 10.1 Å². The zero-order chi connectivity index (χ0) is 22.7. The summed E-state index contributed by atoms with van der Waals surface area (Å²) >= 11 is 2.71. The number of aryl methyl sites for hydroxylation is 1. The van der Waals surface area contributed by atoms with E-state index in [1.165, 1.54) is 47.4 Å². The summed E-state index contributed by atoms with van der Waals surface area (Å²) in [6, 6.07) is 13.2. The van der Waals surface area contributed by atoms with Crippen LogP contribution in [0.3, 0.4) is 0 Å². The van der Waals surface area contributed by atoms with Crippen molar-refractivity contribution >= 4 is 33.9 Å². The first-order valence-electron chi connectivity index (χ1n) is 9.28. The zero-order valence-corrected chi connectivity index (χ0v) is 18.4. The second-order valence-corrected chi connectivity index (χ2v) is 9.21. The van der Waals surface area contributed by atoms with Gasteiger partial charge in [0.25, 0.3) is 0 Å². The summed E-state index contributed by atoms with van der Waals surface area (Å²) in [5.41, 5.74) is 2.51. The van der Waals surface area contributed by atoms with Crippen LogP contribution in [0.4, 0.5) is 24.0 Å². The molecule has 166 valence electrons. The second-order valence-electron chi connectivity index (χ2n) is 6.65. The number of ether oxygens (including phenoxy) is 1. The Morgan fingerprint density at radius 3 is 2.56 bits per heavy atom. The van der Waals surface area contributed by atoms with Gasteiger partial charge in [0.05, 0.1) is 5.25 Å². The number of hydrogen-bond acceptors (Lipinski definition) is 9. The van der Waals surface area contributed by atoms with Gasteiger partial charge >= 0.3 is 6.36 Å². The number of thioether (sulfide) groups is 1. The van der Waals surface area contributed by atoms with Gasteiger partial charge < -0.3 is 14.5 Å². The molecule has 1 atom stereocenters. The van der Waals surface area contributed by atoms with Gasteiger partial charge in [0.1, 0.15) is 5.75 Å². The highest BCUT2D eigenvalue weighted by Gasteiger charge is 2.31. The molecule has 4 rings (SSSR count). The molecule has 0 radical (unpaired) electrons. The molecular weight excluding hydrogens is 463 g/mol. The van der Waals surface area contributed by atoms with Gasteiger partial charge in [-0.2, -0.15) is 0 Å². The summed E-state index contributed by atoms with van der Waals surface area (Å²) in [5.74, 6) is 0.625. The highest BCUT2D eigenvalue weighted by Crippen LogP contribution is 2.38. The van der Waals surface area contributed by atoms with E-state index in [1.807, 2.05) is 38.1 Å². The van der Waals surface area contributed by atoms with Crippen molar-refractivity contribution in [3.8, 4) is 17.2 Å². The predicted octanol–water partition coefficient (Wildman–Crippen LogP) is 6.39. The summed E-state index contributed by atoms with van der Waals surface area (Å²) in [5, 5.41) is 19.8. The van der Waals surface area contributed by atoms with Crippen LogP contribution in [0.25, 0.3) is 11.5 Å². The van der Waals surface area contributed by atoms with E-state index in [0.29, 0.717) is 26.9 Å². The van der Waals surface area contributed by atoms with E-state index in [1.54, 1.807) is 0 Å². The minimum atomic E-state index is -4.73. The van der Waals surface area contributed by atoms with Crippen LogP contribution in [0.1, 0.15) is 23.6 Å². The minimum absolute atomic E-state index is 0.152. The molecule has 2 heterocycles. The minimum Gasteiger partial charge on any atom is -0.419 e. The van der Waals surface area contributed by atoms with Gasteiger partial charge in [0, 0.05) is 11.3 Å². The maximum Gasteiger partial charge on any atom is 0.573 e. The lowest BCUT2D eigenvalue weighted by Crippen LogP contribution is -2.16. The fourth-order valence-corrected chi connectivity index (χ4v) is 4.61. The van der Waals surface area contributed by atoms with Crippen LogP contribution in [0.5, 0.6) is 5.75 Å². The number of anilines is 2. The molecule has 0 fully saturated rings. The van der Waals surface area contributed by atoms with Crippen molar-refractivity contribution in [2.75, 3.05) is 5.32 Å². The quantitative estimate of drug-likeness (QED) is 0.305. The molecule has 0 spiro atoms. The van der Waals surface area contributed by atoms with E-state index >= 15 is 0 Å². The molecule has 0 saturated carbocycles. The summed E-state index contributed by atoms with van der Waals surface area (Å²) in [6.45, 7) is 3.91. The normalized spacial score (nSPS) is 12.5. The Labute approximate surface area is 189 Å². The first-order chi connectivity index (χ1) is 15.2. The molecule has 0 aliphatic carbocycles.